The Bertz CT molecular complexity index is 851. The summed E-state index contributed by atoms with van der Waals surface area (Å²) in [7, 11) is 0. The molecule has 1 aromatic carbocycles. The number of hydrogen-bond donors (Lipinski definition) is 1. The van der Waals surface area contributed by atoms with Crippen LogP contribution >= 0.6 is 0 Å². The van der Waals surface area contributed by atoms with Crippen LogP contribution in [0, 0.1) is 0 Å². The fourth-order valence-electron chi connectivity index (χ4n) is 1.77. The standard InChI is InChI=1S/C13H10N4O2/c1-8(18)10-7-14-13-15-11(16-17(13)12(10)19)9-5-3-2-4-6-9/h2-7,18H,1H3/b10-8-. The summed E-state index contributed by atoms with van der Waals surface area (Å²) in [5.41, 5.74) is 0.373. The van der Waals surface area contributed by atoms with E-state index in [1.807, 2.05) is 30.3 Å². The Balaban J connectivity index is 2.32. The second kappa shape index (κ2) is 4.16. The highest BCUT2D eigenvalue weighted by Gasteiger charge is 2.10. The molecule has 6 nitrogen and oxygen atoms in total. The Labute approximate surface area is 107 Å². The molecule has 0 bridgehead atoms. The van der Waals surface area contributed by atoms with Gasteiger partial charge in [-0.3, -0.25) is 4.79 Å². The van der Waals surface area contributed by atoms with Crippen LogP contribution < -0.4 is 10.8 Å². The predicted octanol–water partition coefficient (Wildman–Crippen LogP) is 0.556. The third-order valence-corrected chi connectivity index (χ3v) is 2.74. The van der Waals surface area contributed by atoms with Gasteiger partial charge in [0.1, 0.15) is 5.76 Å². The minimum absolute atomic E-state index is 0.0869. The van der Waals surface area contributed by atoms with E-state index in [0.717, 1.165) is 10.1 Å². The number of aromatic nitrogens is 4. The first kappa shape index (κ1) is 11.3. The van der Waals surface area contributed by atoms with Gasteiger partial charge in [-0.05, 0) is 6.92 Å². The van der Waals surface area contributed by atoms with Crippen LogP contribution in [0.15, 0.2) is 41.3 Å². The molecule has 3 aromatic rings. The van der Waals surface area contributed by atoms with Crippen LogP contribution in [0.5, 0.6) is 0 Å². The van der Waals surface area contributed by atoms with Crippen molar-refractivity contribution < 1.29 is 5.11 Å². The fourth-order valence-corrected chi connectivity index (χ4v) is 1.77. The molecule has 0 aliphatic rings. The van der Waals surface area contributed by atoms with Gasteiger partial charge < -0.3 is 5.11 Å². The smallest absolute Gasteiger partial charge is 0.286 e. The Morgan fingerprint density at radius 2 is 2.00 bits per heavy atom. The van der Waals surface area contributed by atoms with Crippen LogP contribution in [0.4, 0.5) is 0 Å². The highest BCUT2D eigenvalue weighted by atomic mass is 16.3. The van der Waals surface area contributed by atoms with Gasteiger partial charge in [0.15, 0.2) is 5.82 Å². The Kier molecular flexibility index (Phi) is 2.49. The van der Waals surface area contributed by atoms with Crippen molar-refractivity contribution in [1.82, 2.24) is 19.6 Å². The van der Waals surface area contributed by atoms with Crippen molar-refractivity contribution in [3.8, 4) is 11.4 Å². The molecule has 2 aromatic heterocycles. The molecule has 0 unspecified atom stereocenters. The largest absolute Gasteiger partial charge is 0.512 e. The van der Waals surface area contributed by atoms with E-state index in [2.05, 4.69) is 15.1 Å². The molecule has 19 heavy (non-hydrogen) atoms. The summed E-state index contributed by atoms with van der Waals surface area (Å²) >= 11 is 0. The van der Waals surface area contributed by atoms with Crippen molar-refractivity contribution in [3.63, 3.8) is 0 Å². The third-order valence-electron chi connectivity index (χ3n) is 2.74. The van der Waals surface area contributed by atoms with Crippen molar-refractivity contribution >= 4 is 11.5 Å². The summed E-state index contributed by atoms with van der Waals surface area (Å²) in [6.45, 7) is 1.43. The molecular formula is C13H10N4O2. The summed E-state index contributed by atoms with van der Waals surface area (Å²) in [6.07, 6.45) is 1.30. The zero-order valence-electron chi connectivity index (χ0n) is 10.1. The molecule has 0 spiro atoms. The molecule has 3 rings (SSSR count). The molecular weight excluding hydrogens is 244 g/mol. The topological polar surface area (TPSA) is 80.4 Å². The van der Waals surface area contributed by atoms with Gasteiger partial charge >= 0.3 is 0 Å². The second-order valence-corrected chi connectivity index (χ2v) is 4.08. The first-order chi connectivity index (χ1) is 9.16. The van der Waals surface area contributed by atoms with Crippen LogP contribution in [0.25, 0.3) is 22.9 Å². The van der Waals surface area contributed by atoms with E-state index in [4.69, 9.17) is 0 Å². The van der Waals surface area contributed by atoms with Gasteiger partial charge in [0.05, 0.1) is 5.22 Å². The molecule has 0 saturated carbocycles. The van der Waals surface area contributed by atoms with Crippen molar-refractivity contribution in [3.05, 3.63) is 52.1 Å². The number of hydrogen-bond acceptors (Lipinski definition) is 5. The maximum Gasteiger partial charge on any atom is 0.286 e. The average Bonchev–Trinajstić information content (AvgIpc) is 2.85. The summed E-state index contributed by atoms with van der Waals surface area (Å²) in [5, 5.41) is 13.7. The number of benzene rings is 1. The zero-order valence-corrected chi connectivity index (χ0v) is 10.1. The molecule has 0 aliphatic carbocycles. The molecule has 1 N–H and O–H groups in total. The number of nitrogens with zero attached hydrogens (tertiary/aromatic N) is 4. The lowest BCUT2D eigenvalue weighted by Crippen LogP contribution is -2.33. The normalized spacial score (nSPS) is 12.7. The second-order valence-electron chi connectivity index (χ2n) is 4.08. The monoisotopic (exact) mass is 254 g/mol. The van der Waals surface area contributed by atoms with E-state index in [1.165, 1.54) is 13.1 Å². The minimum atomic E-state index is -0.431. The lowest BCUT2D eigenvalue weighted by molar-refractivity contribution is 0.497. The van der Waals surface area contributed by atoms with Gasteiger partial charge in [-0.15, -0.1) is 5.10 Å². The summed E-state index contributed by atoms with van der Waals surface area (Å²) in [4.78, 5) is 20.3. The quantitative estimate of drug-likeness (QED) is 0.686. The van der Waals surface area contributed by atoms with Crippen molar-refractivity contribution in [2.75, 3.05) is 0 Å². The Morgan fingerprint density at radius 1 is 1.26 bits per heavy atom. The van der Waals surface area contributed by atoms with E-state index in [-0.39, 0.29) is 16.8 Å². The SMILES string of the molecule is C/C(O)=c1\cnc2nc(-c3ccccc3)nn2c1=O. The van der Waals surface area contributed by atoms with E-state index in [9.17, 15) is 9.90 Å². The molecule has 94 valence electrons. The molecule has 0 saturated heterocycles. The first-order valence-electron chi connectivity index (χ1n) is 5.68. The van der Waals surface area contributed by atoms with Gasteiger partial charge in [-0.25, -0.2) is 4.98 Å². The molecule has 0 amide bonds. The summed E-state index contributed by atoms with van der Waals surface area (Å²) in [5.74, 6) is 0.558. The summed E-state index contributed by atoms with van der Waals surface area (Å²) < 4.78 is 1.09. The lowest BCUT2D eigenvalue weighted by atomic mass is 10.2. The fraction of sp³-hybridized carbons (Fsp3) is 0.0769. The van der Waals surface area contributed by atoms with Gasteiger partial charge in [-0.2, -0.15) is 9.50 Å². The van der Waals surface area contributed by atoms with E-state index in [1.54, 1.807) is 0 Å². The Morgan fingerprint density at radius 3 is 2.68 bits per heavy atom. The van der Waals surface area contributed by atoms with Gasteiger partial charge in [0.2, 0.25) is 0 Å². The third kappa shape index (κ3) is 1.83. The molecule has 2 heterocycles. The lowest BCUT2D eigenvalue weighted by Gasteiger charge is -1.91. The molecule has 0 atom stereocenters. The van der Waals surface area contributed by atoms with E-state index < -0.39 is 5.56 Å². The van der Waals surface area contributed by atoms with Crippen molar-refractivity contribution in [2.45, 2.75) is 6.92 Å². The molecule has 0 aliphatic heterocycles. The number of aliphatic hydroxyl groups is 1. The van der Waals surface area contributed by atoms with Gasteiger partial charge in [-0.1, -0.05) is 30.3 Å². The average molecular weight is 254 g/mol. The van der Waals surface area contributed by atoms with Crippen LogP contribution in [0.2, 0.25) is 0 Å². The van der Waals surface area contributed by atoms with Gasteiger partial charge in [0, 0.05) is 11.8 Å². The van der Waals surface area contributed by atoms with Crippen LogP contribution in [0.3, 0.4) is 0 Å². The van der Waals surface area contributed by atoms with Crippen molar-refractivity contribution in [1.29, 1.82) is 0 Å². The van der Waals surface area contributed by atoms with Crippen LogP contribution in [0.1, 0.15) is 6.92 Å². The maximum absolute atomic E-state index is 12.1. The number of aliphatic hydroxyl groups excluding tert-OH is 1. The molecule has 0 fully saturated rings. The number of rotatable bonds is 1. The maximum atomic E-state index is 12.1. The highest BCUT2D eigenvalue weighted by Crippen LogP contribution is 2.13. The van der Waals surface area contributed by atoms with Crippen molar-refractivity contribution in [2.24, 2.45) is 0 Å². The summed E-state index contributed by atoms with van der Waals surface area (Å²) in [6, 6.07) is 9.32. The first-order valence-corrected chi connectivity index (χ1v) is 5.68. The zero-order chi connectivity index (χ0) is 13.4. The number of fused-ring (bicyclic) bond motifs is 1. The molecule has 6 heteroatoms. The molecule has 0 radical (unpaired) electrons. The predicted molar refractivity (Wildman–Crippen MR) is 69.4 cm³/mol. The highest BCUT2D eigenvalue weighted by molar-refractivity contribution is 5.56. The Hall–Kier alpha value is -2.76. The van der Waals surface area contributed by atoms with Crippen LogP contribution in [-0.2, 0) is 0 Å². The minimum Gasteiger partial charge on any atom is -0.512 e. The van der Waals surface area contributed by atoms with E-state index in [0.29, 0.717) is 5.82 Å². The van der Waals surface area contributed by atoms with Gasteiger partial charge in [0.25, 0.3) is 11.3 Å². The van der Waals surface area contributed by atoms with Crippen LogP contribution in [-0.4, -0.2) is 24.7 Å². The van der Waals surface area contributed by atoms with E-state index >= 15 is 0 Å².